The molecule has 0 amide bonds. The van der Waals surface area contributed by atoms with Gasteiger partial charge in [0.2, 0.25) is 5.69 Å². The second kappa shape index (κ2) is 15.3. The summed E-state index contributed by atoms with van der Waals surface area (Å²) in [6.07, 6.45) is 0. The topological polar surface area (TPSA) is 61.0 Å². The number of thiophene rings is 1. The van der Waals surface area contributed by atoms with Gasteiger partial charge in [0, 0.05) is 73.4 Å². The van der Waals surface area contributed by atoms with E-state index in [1.807, 2.05) is 24.3 Å². The van der Waals surface area contributed by atoms with Gasteiger partial charge in [0.1, 0.15) is 11.7 Å². The van der Waals surface area contributed by atoms with Gasteiger partial charge in [0.05, 0.1) is 110 Å². The summed E-state index contributed by atoms with van der Waals surface area (Å²) >= 11 is 0.728. The molecular weight excluding hydrogens is 961 g/mol. The fraction of sp³-hybridized carbons (Fsp3) is 0.0145. The number of nitrogens with zero attached hydrogens (tertiary/aromatic N) is 6. The highest BCUT2D eigenvalue weighted by molar-refractivity contribution is 7.26. The van der Waals surface area contributed by atoms with Crippen molar-refractivity contribution in [1.82, 2.24) is 18.3 Å². The van der Waals surface area contributed by atoms with E-state index in [0.29, 0.717) is 43.6 Å². The summed E-state index contributed by atoms with van der Waals surface area (Å²) in [6, 6.07) is 16.6. The number of hydrogen-bond donors (Lipinski definition) is 0. The first-order chi connectivity index (χ1) is 47.2. The fourth-order valence-electron chi connectivity index (χ4n) is 11.8. The zero-order chi connectivity index (χ0) is 69.8. The van der Waals surface area contributed by atoms with Crippen molar-refractivity contribution in [3.05, 3.63) is 234 Å². The van der Waals surface area contributed by atoms with Crippen molar-refractivity contribution in [2.45, 2.75) is 6.85 Å². The van der Waals surface area contributed by atoms with Crippen LogP contribution in [0.3, 0.4) is 0 Å². The average Bonchev–Trinajstić information content (AvgIpc) is 1.53. The van der Waals surface area contributed by atoms with Crippen LogP contribution in [0.1, 0.15) is 41.3 Å². The summed E-state index contributed by atoms with van der Waals surface area (Å²) in [4.78, 5) is 4.45. The number of hydrogen-bond acceptors (Lipinski definition) is 3. The van der Waals surface area contributed by atoms with E-state index < -0.39 is 177 Å². The monoisotopic (exact) mass is 1020 g/mol. The third-order valence-electron chi connectivity index (χ3n) is 14.7. The summed E-state index contributed by atoms with van der Waals surface area (Å²) in [5.74, 6) is 0. The first-order valence-corrected chi connectivity index (χ1v) is 24.8. The van der Waals surface area contributed by atoms with Crippen LogP contribution < -0.4 is 0 Å². The second-order valence-corrected chi connectivity index (χ2v) is 19.4. The van der Waals surface area contributed by atoms with Crippen LogP contribution in [0.2, 0.25) is 0 Å². The van der Waals surface area contributed by atoms with Crippen molar-refractivity contribution in [2.75, 3.05) is 0 Å². The van der Waals surface area contributed by atoms with Crippen molar-refractivity contribution in [1.29, 1.82) is 5.26 Å². The molecule has 356 valence electrons. The second-order valence-electron chi connectivity index (χ2n) is 18.4. The Morgan fingerprint density at radius 2 is 1.03 bits per heavy atom. The summed E-state index contributed by atoms with van der Waals surface area (Å²) in [5, 5.41) is 12.5. The van der Waals surface area contributed by atoms with Crippen LogP contribution in [0.5, 0.6) is 0 Å². The van der Waals surface area contributed by atoms with Gasteiger partial charge in [-0.25, -0.2) is 4.85 Å². The number of aromatic nitrogens is 4. The maximum absolute atomic E-state index is 13.0. The molecule has 0 atom stereocenters. The Kier molecular flexibility index (Phi) is 5.22. The van der Waals surface area contributed by atoms with Crippen LogP contribution >= 0.6 is 11.3 Å². The Morgan fingerprint density at radius 1 is 0.481 bits per heavy atom. The lowest BCUT2D eigenvalue weighted by Crippen LogP contribution is -2.14. The zero-order valence-corrected chi connectivity index (χ0v) is 40.1. The highest BCUT2D eigenvalue weighted by atomic mass is 32.1. The maximum Gasteiger partial charge on any atom is 0.237 e. The summed E-state index contributed by atoms with van der Waals surface area (Å²) in [5.41, 5.74) is -4.49. The van der Waals surface area contributed by atoms with Gasteiger partial charge in [-0.1, -0.05) is 157 Å². The van der Waals surface area contributed by atoms with E-state index in [1.54, 1.807) is 81.9 Å². The summed E-state index contributed by atoms with van der Waals surface area (Å²) < 4.78 is 220. The first kappa shape index (κ1) is 26.2. The molecular formula is C69H38N6OS. The Morgan fingerprint density at radius 3 is 1.69 bits per heavy atom. The van der Waals surface area contributed by atoms with E-state index in [2.05, 4.69) is 10.9 Å². The van der Waals surface area contributed by atoms with Crippen molar-refractivity contribution < 1.29 is 34.6 Å². The molecule has 0 radical (unpaired) electrons. The number of fused-ring (bicyclic) bond motifs is 20. The SMILES string of the molecule is [2H]c1c([2H])c([2H])c2c(oc3c2c([2H])c([2H])c2c4c([2H])c([2H])c([2H])c([2H])c4n(-c4c(-n5c6ccccc6c6ccccc65)c(C#N)c(-n5c6c([2H])c([2H])c(C([2H])([2H])[2H])c([2H])c6c6c([2H])c([2H])c7c(sc8c([2H])c([2H])c([2H])c([2H])c87)c65)c([N+]#[C-])c4-n4c5ccccc5c5ccccc54)c32)c1[2H]. The molecule has 17 aromatic rings. The molecule has 0 aliphatic rings. The molecule has 0 aliphatic heterocycles. The smallest absolute Gasteiger partial charge is 0.237 e. The van der Waals surface area contributed by atoms with Gasteiger partial charge in [-0.2, -0.15) is 5.26 Å². The van der Waals surface area contributed by atoms with Gasteiger partial charge in [-0.15, -0.1) is 11.3 Å². The Hall–Kier alpha value is -10.4. The van der Waals surface area contributed by atoms with Gasteiger partial charge in [-0.3, -0.25) is 0 Å². The van der Waals surface area contributed by atoms with Gasteiger partial charge in [-0.05, 0) is 67.4 Å². The van der Waals surface area contributed by atoms with Gasteiger partial charge >= 0.3 is 0 Å². The van der Waals surface area contributed by atoms with Crippen LogP contribution in [0.15, 0.2) is 216 Å². The van der Waals surface area contributed by atoms with Crippen LogP contribution in [0.25, 0.3) is 157 Å². The van der Waals surface area contributed by atoms with Crippen molar-refractivity contribution >= 4 is 146 Å². The van der Waals surface area contributed by atoms with Crippen LogP contribution in [-0.4, -0.2) is 18.3 Å². The molecule has 8 heteroatoms. The number of benzene rings is 11. The lowest BCUT2D eigenvalue weighted by atomic mass is 10.0. The fourth-order valence-corrected chi connectivity index (χ4v) is 12.9. The highest BCUT2D eigenvalue weighted by Gasteiger charge is 2.35. The molecule has 7 nitrogen and oxygen atoms in total. The molecule has 11 aromatic carbocycles. The molecule has 6 heterocycles. The van der Waals surface area contributed by atoms with Crippen molar-refractivity contribution in [3.63, 3.8) is 0 Å². The minimum absolute atomic E-state index is 0.111. The zero-order valence-electron chi connectivity index (χ0n) is 61.2. The van der Waals surface area contributed by atoms with Crippen LogP contribution in [-0.2, 0) is 0 Å². The predicted octanol–water partition coefficient (Wildman–Crippen LogP) is 19.1. The molecule has 0 aliphatic carbocycles. The third-order valence-corrected chi connectivity index (χ3v) is 15.8. The largest absolute Gasteiger partial charge is 0.454 e. The van der Waals surface area contributed by atoms with Crippen LogP contribution in [0.4, 0.5) is 5.69 Å². The maximum atomic E-state index is 13.0. The molecule has 0 fully saturated rings. The van der Waals surface area contributed by atoms with Crippen molar-refractivity contribution in [2.24, 2.45) is 0 Å². The molecule has 0 saturated heterocycles. The molecule has 0 spiro atoms. The standard InChI is InChI=1S/C69H38N6OS/c1-39-31-36-58-51(37-39)48-33-35-50-46-23-9-16-30-60(46)77-69(50)65(48)74(58)62-52(38-70)63(72-53-24-10-3-17-40(53)41-18-4-11-25-54(41)72)67(66(61(62)71-2)73-55-26-12-5-19-42(55)43-20-6-13-27-56(43)73)75-57-28-14-7-21-44(57)47-32-34-49-45-22-8-15-29-59(45)76-68(49)64(47)75/h3-37H,1H3/i1D3,7D,8D,9D,14D,15D,16D,21D,22D,23D,28D,29D,30D,31D,32D,33D,34D,35D,36D,37D. The Balaban J connectivity index is 1.28. The van der Waals surface area contributed by atoms with E-state index in [-0.39, 0.29) is 69.8 Å². The summed E-state index contributed by atoms with van der Waals surface area (Å²) in [7, 11) is 0. The third kappa shape index (κ3) is 5.41. The molecule has 6 aromatic heterocycles. The van der Waals surface area contributed by atoms with E-state index in [9.17, 15) is 32.4 Å². The molecule has 0 unspecified atom stereocenters. The minimum Gasteiger partial charge on any atom is -0.454 e. The first-order valence-electron chi connectivity index (χ1n) is 35.0. The Labute approximate surface area is 473 Å². The predicted molar refractivity (Wildman–Crippen MR) is 320 cm³/mol. The Bertz CT molecular complexity index is 6620. The van der Waals surface area contributed by atoms with Gasteiger partial charge in [0.25, 0.3) is 0 Å². The summed E-state index contributed by atoms with van der Waals surface area (Å²) in [6.45, 7) is 6.73. The normalized spacial score (nSPS) is 16.4. The molecule has 17 rings (SSSR count). The number of furan rings is 1. The lowest BCUT2D eigenvalue weighted by Gasteiger charge is -2.27. The van der Waals surface area contributed by atoms with Crippen LogP contribution in [0, 0.1) is 24.8 Å². The van der Waals surface area contributed by atoms with E-state index in [4.69, 9.17) is 14.0 Å². The van der Waals surface area contributed by atoms with Gasteiger partial charge in [0.15, 0.2) is 5.58 Å². The van der Waals surface area contributed by atoms with E-state index in [1.165, 1.54) is 9.13 Å². The van der Waals surface area contributed by atoms with E-state index in [0.717, 1.165) is 11.3 Å². The van der Waals surface area contributed by atoms with Crippen molar-refractivity contribution in [3.8, 4) is 28.8 Å². The average molecular weight is 1020 g/mol. The number of para-hydroxylation sites is 6. The molecule has 0 bridgehead atoms. The highest BCUT2D eigenvalue weighted by Crippen LogP contribution is 2.54. The van der Waals surface area contributed by atoms with E-state index >= 15 is 0 Å². The van der Waals surface area contributed by atoms with Gasteiger partial charge < -0.3 is 22.7 Å². The molecule has 77 heavy (non-hydrogen) atoms. The number of nitriles is 1. The lowest BCUT2D eigenvalue weighted by molar-refractivity contribution is 0.671. The minimum atomic E-state index is -3.29. The molecule has 0 saturated carbocycles. The quantitative estimate of drug-likeness (QED) is 0.165. The number of rotatable bonds is 4. The molecule has 0 N–H and O–H groups in total.